The van der Waals surface area contributed by atoms with E-state index in [0.29, 0.717) is 28.4 Å². The molecule has 122 valence electrons. The molecule has 0 amide bonds. The van der Waals surface area contributed by atoms with Gasteiger partial charge in [0.05, 0.1) is 18.5 Å². The van der Waals surface area contributed by atoms with Crippen molar-refractivity contribution in [2.45, 2.75) is 6.92 Å². The Bertz CT molecular complexity index is 884. The highest BCUT2D eigenvalue weighted by Crippen LogP contribution is 2.28. The lowest BCUT2D eigenvalue weighted by Crippen LogP contribution is -2.02. The SMILES string of the molecule is COc1ccc(-n2nc(-c3ccc(F)cc3)c(C(=O)O)c2C)cc1. The zero-order valence-electron chi connectivity index (χ0n) is 13.2. The Kier molecular flexibility index (Phi) is 4.04. The number of benzene rings is 2. The van der Waals surface area contributed by atoms with Crippen molar-refractivity contribution in [1.82, 2.24) is 9.78 Å². The van der Waals surface area contributed by atoms with Crippen molar-refractivity contribution in [2.75, 3.05) is 7.11 Å². The number of aromatic nitrogens is 2. The maximum atomic E-state index is 13.1. The van der Waals surface area contributed by atoms with Gasteiger partial charge in [-0.3, -0.25) is 0 Å². The number of halogens is 1. The molecule has 5 nitrogen and oxygen atoms in total. The number of aromatic carboxylic acids is 1. The van der Waals surface area contributed by atoms with Crippen LogP contribution in [0.2, 0.25) is 0 Å². The number of carboxylic acid groups (broad SMARTS) is 1. The van der Waals surface area contributed by atoms with E-state index in [1.807, 2.05) is 0 Å². The van der Waals surface area contributed by atoms with Crippen LogP contribution < -0.4 is 4.74 Å². The smallest absolute Gasteiger partial charge is 0.339 e. The van der Waals surface area contributed by atoms with Crippen LogP contribution in [0.25, 0.3) is 16.9 Å². The number of hydrogen-bond acceptors (Lipinski definition) is 3. The number of carbonyl (C=O) groups is 1. The fraction of sp³-hybridized carbons (Fsp3) is 0.111. The van der Waals surface area contributed by atoms with Gasteiger partial charge in [-0.25, -0.2) is 13.9 Å². The van der Waals surface area contributed by atoms with Crippen molar-refractivity contribution in [3.63, 3.8) is 0 Å². The van der Waals surface area contributed by atoms with Crippen LogP contribution in [0.1, 0.15) is 16.1 Å². The largest absolute Gasteiger partial charge is 0.497 e. The van der Waals surface area contributed by atoms with Crippen molar-refractivity contribution in [1.29, 1.82) is 0 Å². The Hall–Kier alpha value is -3.15. The number of ether oxygens (including phenoxy) is 1. The number of hydrogen-bond donors (Lipinski definition) is 1. The van der Waals surface area contributed by atoms with Crippen LogP contribution >= 0.6 is 0 Å². The third-order valence-electron chi connectivity index (χ3n) is 3.76. The van der Waals surface area contributed by atoms with Crippen LogP contribution in [0.4, 0.5) is 4.39 Å². The monoisotopic (exact) mass is 326 g/mol. The molecule has 1 heterocycles. The van der Waals surface area contributed by atoms with E-state index >= 15 is 0 Å². The van der Waals surface area contributed by atoms with Crippen molar-refractivity contribution >= 4 is 5.97 Å². The molecule has 0 bridgehead atoms. The summed E-state index contributed by atoms with van der Waals surface area (Å²) in [6.07, 6.45) is 0. The topological polar surface area (TPSA) is 64.4 Å². The molecular weight excluding hydrogens is 311 g/mol. The highest BCUT2D eigenvalue weighted by atomic mass is 19.1. The van der Waals surface area contributed by atoms with E-state index in [-0.39, 0.29) is 11.4 Å². The van der Waals surface area contributed by atoms with Crippen LogP contribution in [0.5, 0.6) is 5.75 Å². The Morgan fingerprint density at radius 1 is 1.12 bits per heavy atom. The van der Waals surface area contributed by atoms with Crippen molar-refractivity contribution in [3.8, 4) is 22.7 Å². The van der Waals surface area contributed by atoms with Gasteiger partial charge in [-0.2, -0.15) is 5.10 Å². The summed E-state index contributed by atoms with van der Waals surface area (Å²) in [5.41, 5.74) is 2.15. The first kappa shape index (κ1) is 15.7. The molecule has 2 aromatic carbocycles. The van der Waals surface area contributed by atoms with E-state index < -0.39 is 5.97 Å². The summed E-state index contributed by atoms with van der Waals surface area (Å²) in [7, 11) is 1.57. The van der Waals surface area contributed by atoms with E-state index in [4.69, 9.17) is 4.74 Å². The molecule has 0 atom stereocenters. The fourth-order valence-corrected chi connectivity index (χ4v) is 2.54. The highest BCUT2D eigenvalue weighted by Gasteiger charge is 2.22. The standard InChI is InChI=1S/C18H15FN2O3/c1-11-16(18(22)23)17(12-3-5-13(19)6-4-12)20-21(11)14-7-9-15(24-2)10-8-14/h3-10H,1-2H3,(H,22,23). The van der Waals surface area contributed by atoms with E-state index in [1.165, 1.54) is 24.3 Å². The van der Waals surface area contributed by atoms with Gasteiger partial charge in [0.25, 0.3) is 0 Å². The summed E-state index contributed by atoms with van der Waals surface area (Å²) in [4.78, 5) is 11.7. The maximum absolute atomic E-state index is 13.1. The van der Waals surface area contributed by atoms with Gasteiger partial charge in [-0.1, -0.05) is 0 Å². The summed E-state index contributed by atoms with van der Waals surface area (Å²) in [5, 5.41) is 14.0. The summed E-state index contributed by atoms with van der Waals surface area (Å²) in [6.45, 7) is 1.69. The van der Waals surface area contributed by atoms with Crippen LogP contribution in [0, 0.1) is 12.7 Å². The molecule has 0 spiro atoms. The van der Waals surface area contributed by atoms with Gasteiger partial charge in [0.15, 0.2) is 0 Å². The number of methoxy groups -OCH3 is 1. The third-order valence-corrected chi connectivity index (χ3v) is 3.76. The Morgan fingerprint density at radius 3 is 2.29 bits per heavy atom. The van der Waals surface area contributed by atoms with Crippen LogP contribution in [0.3, 0.4) is 0 Å². The first-order valence-corrected chi connectivity index (χ1v) is 7.24. The molecule has 0 radical (unpaired) electrons. The number of nitrogens with zero attached hydrogens (tertiary/aromatic N) is 2. The molecule has 6 heteroatoms. The van der Waals surface area contributed by atoms with Crippen LogP contribution in [0.15, 0.2) is 48.5 Å². The van der Waals surface area contributed by atoms with Gasteiger partial charge in [0, 0.05) is 5.56 Å². The minimum absolute atomic E-state index is 0.0948. The van der Waals surface area contributed by atoms with Gasteiger partial charge in [0.2, 0.25) is 0 Å². The van der Waals surface area contributed by atoms with Gasteiger partial charge in [-0.05, 0) is 55.5 Å². The molecule has 1 aromatic heterocycles. The number of rotatable bonds is 4. The Balaban J connectivity index is 2.16. The second-order valence-electron chi connectivity index (χ2n) is 5.23. The quantitative estimate of drug-likeness (QED) is 0.794. The van der Waals surface area contributed by atoms with E-state index in [0.717, 1.165) is 0 Å². The molecule has 0 saturated carbocycles. The zero-order valence-corrected chi connectivity index (χ0v) is 13.2. The average Bonchev–Trinajstić information content (AvgIpc) is 2.93. The zero-order chi connectivity index (χ0) is 17.3. The minimum Gasteiger partial charge on any atom is -0.497 e. The Morgan fingerprint density at radius 2 is 1.75 bits per heavy atom. The summed E-state index contributed by atoms with van der Waals surface area (Å²) < 4.78 is 19.8. The molecule has 24 heavy (non-hydrogen) atoms. The van der Waals surface area contributed by atoms with Gasteiger partial charge in [-0.15, -0.1) is 0 Å². The predicted molar refractivity (Wildman–Crippen MR) is 87.2 cm³/mol. The second kappa shape index (κ2) is 6.16. The summed E-state index contributed by atoms with van der Waals surface area (Å²) in [6, 6.07) is 12.7. The molecule has 0 aliphatic carbocycles. The third kappa shape index (κ3) is 2.74. The summed E-state index contributed by atoms with van der Waals surface area (Å²) in [5.74, 6) is -0.769. The maximum Gasteiger partial charge on any atom is 0.339 e. The molecule has 0 aliphatic heterocycles. The van der Waals surface area contributed by atoms with E-state index in [2.05, 4.69) is 5.10 Å². The van der Waals surface area contributed by atoms with E-state index in [1.54, 1.807) is 43.0 Å². The van der Waals surface area contributed by atoms with Crippen LogP contribution in [-0.4, -0.2) is 28.0 Å². The molecule has 3 rings (SSSR count). The predicted octanol–water partition coefficient (Wildman–Crippen LogP) is 3.69. The molecule has 0 fully saturated rings. The molecular formula is C18H15FN2O3. The lowest BCUT2D eigenvalue weighted by Gasteiger charge is -2.05. The van der Waals surface area contributed by atoms with E-state index in [9.17, 15) is 14.3 Å². The highest BCUT2D eigenvalue weighted by molar-refractivity contribution is 5.96. The molecule has 0 saturated heterocycles. The molecule has 1 N–H and O–H groups in total. The van der Waals surface area contributed by atoms with Crippen LogP contribution in [-0.2, 0) is 0 Å². The normalized spacial score (nSPS) is 10.6. The second-order valence-corrected chi connectivity index (χ2v) is 5.23. The fourth-order valence-electron chi connectivity index (χ4n) is 2.54. The average molecular weight is 326 g/mol. The number of carboxylic acids is 1. The molecule has 0 unspecified atom stereocenters. The van der Waals surface area contributed by atoms with Crippen molar-refractivity contribution in [2.24, 2.45) is 0 Å². The Labute approximate surface area is 137 Å². The minimum atomic E-state index is -1.08. The van der Waals surface area contributed by atoms with Gasteiger partial charge in [0.1, 0.15) is 22.8 Å². The van der Waals surface area contributed by atoms with Crippen molar-refractivity contribution < 1.29 is 19.0 Å². The van der Waals surface area contributed by atoms with Gasteiger partial charge >= 0.3 is 5.97 Å². The molecule has 0 aliphatic rings. The lowest BCUT2D eigenvalue weighted by atomic mass is 10.1. The molecule has 3 aromatic rings. The first-order chi connectivity index (χ1) is 11.5. The summed E-state index contributed by atoms with van der Waals surface area (Å²) >= 11 is 0. The van der Waals surface area contributed by atoms with Crippen molar-refractivity contribution in [3.05, 3.63) is 65.6 Å². The first-order valence-electron chi connectivity index (χ1n) is 7.24. The van der Waals surface area contributed by atoms with Gasteiger partial charge < -0.3 is 9.84 Å². The lowest BCUT2D eigenvalue weighted by molar-refractivity contribution is 0.0697.